The maximum absolute atomic E-state index is 13.3. The quantitative estimate of drug-likeness (QED) is 0.775. The number of benzene rings is 1. The fourth-order valence-corrected chi connectivity index (χ4v) is 2.92. The van der Waals surface area contributed by atoms with Gasteiger partial charge in [-0.1, -0.05) is 6.07 Å². The Balaban J connectivity index is 1.86. The van der Waals surface area contributed by atoms with Crippen LogP contribution in [0.5, 0.6) is 0 Å². The summed E-state index contributed by atoms with van der Waals surface area (Å²) in [5.74, 6) is -0.0965. The Morgan fingerprint density at radius 1 is 1.25 bits per heavy atom. The number of rotatable bonds is 1. The van der Waals surface area contributed by atoms with Gasteiger partial charge in [-0.3, -0.25) is 4.90 Å². The first kappa shape index (κ1) is 10.2. The third-order valence-electron chi connectivity index (χ3n) is 3.75. The summed E-state index contributed by atoms with van der Waals surface area (Å²) in [5, 5.41) is 3.36. The maximum Gasteiger partial charge on any atom is 0.123 e. The lowest BCUT2D eigenvalue weighted by Crippen LogP contribution is -2.44. The van der Waals surface area contributed by atoms with Crippen LogP contribution in [-0.2, 0) is 6.42 Å². The molecule has 1 heterocycles. The van der Waals surface area contributed by atoms with Gasteiger partial charge in [0.2, 0.25) is 0 Å². The summed E-state index contributed by atoms with van der Waals surface area (Å²) < 4.78 is 13.3. The number of hydrogen-bond donors (Lipinski definition) is 1. The number of nitrogens with one attached hydrogen (secondary N) is 1. The molecule has 1 aromatic carbocycles. The zero-order valence-electron chi connectivity index (χ0n) is 9.38. The molecule has 0 aromatic heterocycles. The molecule has 0 amide bonds. The second-order valence-corrected chi connectivity index (χ2v) is 4.68. The lowest BCUT2D eigenvalue weighted by atomic mass is 10.1. The van der Waals surface area contributed by atoms with E-state index in [4.69, 9.17) is 0 Å². The van der Waals surface area contributed by atoms with Crippen LogP contribution in [0.3, 0.4) is 0 Å². The second kappa shape index (κ2) is 4.15. The smallest absolute Gasteiger partial charge is 0.123 e. The maximum atomic E-state index is 13.3. The van der Waals surface area contributed by atoms with Crippen molar-refractivity contribution in [3.05, 3.63) is 35.1 Å². The van der Waals surface area contributed by atoms with Crippen molar-refractivity contribution in [2.45, 2.75) is 18.9 Å². The van der Waals surface area contributed by atoms with Gasteiger partial charge in [0.25, 0.3) is 0 Å². The van der Waals surface area contributed by atoms with Crippen LogP contribution in [0.2, 0.25) is 0 Å². The number of hydrogen-bond acceptors (Lipinski definition) is 2. The minimum atomic E-state index is -0.0965. The highest BCUT2D eigenvalue weighted by atomic mass is 19.1. The van der Waals surface area contributed by atoms with Gasteiger partial charge >= 0.3 is 0 Å². The molecular weight excluding hydrogens is 203 g/mol. The van der Waals surface area contributed by atoms with Crippen LogP contribution in [0.4, 0.5) is 4.39 Å². The van der Waals surface area contributed by atoms with Gasteiger partial charge in [-0.25, -0.2) is 4.39 Å². The van der Waals surface area contributed by atoms with Crippen LogP contribution in [0.25, 0.3) is 0 Å². The summed E-state index contributed by atoms with van der Waals surface area (Å²) in [5.41, 5.74) is 2.56. The van der Waals surface area contributed by atoms with Gasteiger partial charge in [0.05, 0.1) is 0 Å². The molecule has 2 nitrogen and oxygen atoms in total. The standard InChI is InChI=1S/C13H17FN2/c14-11-3-1-10-2-4-13(12(10)9-11)16-7-5-15-6-8-16/h1,3,9,13,15H,2,4-8H2/t13-/m0/s1. The van der Waals surface area contributed by atoms with E-state index in [1.165, 1.54) is 11.1 Å². The van der Waals surface area contributed by atoms with E-state index in [-0.39, 0.29) is 5.82 Å². The van der Waals surface area contributed by atoms with E-state index < -0.39 is 0 Å². The molecule has 2 aliphatic rings. The van der Waals surface area contributed by atoms with Crippen LogP contribution in [-0.4, -0.2) is 31.1 Å². The largest absolute Gasteiger partial charge is 0.314 e. The summed E-state index contributed by atoms with van der Waals surface area (Å²) in [4.78, 5) is 2.49. The minimum Gasteiger partial charge on any atom is -0.314 e. The number of halogens is 1. The average Bonchev–Trinajstić information content (AvgIpc) is 2.73. The van der Waals surface area contributed by atoms with Gasteiger partial charge in [0.1, 0.15) is 5.82 Å². The van der Waals surface area contributed by atoms with Crippen molar-refractivity contribution < 1.29 is 4.39 Å². The SMILES string of the molecule is Fc1ccc2c(c1)[C@@H](N1CCNCC1)CC2. The van der Waals surface area contributed by atoms with Gasteiger partial charge in [-0.15, -0.1) is 0 Å². The van der Waals surface area contributed by atoms with Gasteiger partial charge in [0.15, 0.2) is 0 Å². The van der Waals surface area contributed by atoms with Crippen LogP contribution < -0.4 is 5.32 Å². The van der Waals surface area contributed by atoms with Crippen LogP contribution >= 0.6 is 0 Å². The molecule has 1 fully saturated rings. The Morgan fingerprint density at radius 3 is 2.88 bits per heavy atom. The highest BCUT2D eigenvalue weighted by Crippen LogP contribution is 2.36. The van der Waals surface area contributed by atoms with Gasteiger partial charge in [-0.2, -0.15) is 0 Å². The lowest BCUT2D eigenvalue weighted by Gasteiger charge is -2.33. The minimum absolute atomic E-state index is 0.0965. The molecule has 1 N–H and O–H groups in total. The molecule has 0 unspecified atom stereocenters. The third-order valence-corrected chi connectivity index (χ3v) is 3.75. The van der Waals surface area contributed by atoms with Crippen molar-refractivity contribution in [1.29, 1.82) is 0 Å². The molecule has 1 aromatic rings. The Hall–Kier alpha value is -0.930. The molecule has 1 saturated heterocycles. The highest BCUT2D eigenvalue weighted by molar-refractivity contribution is 5.35. The van der Waals surface area contributed by atoms with E-state index in [0.29, 0.717) is 6.04 Å². The summed E-state index contributed by atoms with van der Waals surface area (Å²) in [6.07, 6.45) is 2.25. The molecule has 0 saturated carbocycles. The zero-order chi connectivity index (χ0) is 11.0. The molecule has 3 heteroatoms. The van der Waals surface area contributed by atoms with Gasteiger partial charge < -0.3 is 5.32 Å². The second-order valence-electron chi connectivity index (χ2n) is 4.68. The fourth-order valence-electron chi connectivity index (χ4n) is 2.92. The topological polar surface area (TPSA) is 15.3 Å². The third kappa shape index (κ3) is 1.74. The van der Waals surface area contributed by atoms with Crippen LogP contribution in [0.1, 0.15) is 23.6 Å². The fraction of sp³-hybridized carbons (Fsp3) is 0.538. The van der Waals surface area contributed by atoms with Gasteiger partial charge in [0, 0.05) is 32.2 Å². The molecule has 86 valence electrons. The molecule has 0 radical (unpaired) electrons. The highest BCUT2D eigenvalue weighted by Gasteiger charge is 2.28. The molecular formula is C13H17FN2. The van der Waals surface area contributed by atoms with Crippen molar-refractivity contribution in [2.75, 3.05) is 26.2 Å². The number of piperazine rings is 1. The van der Waals surface area contributed by atoms with E-state index in [9.17, 15) is 4.39 Å². The summed E-state index contributed by atoms with van der Waals surface area (Å²) in [6, 6.07) is 5.72. The summed E-state index contributed by atoms with van der Waals surface area (Å²) in [6.45, 7) is 4.28. The van der Waals surface area contributed by atoms with Gasteiger partial charge in [-0.05, 0) is 36.1 Å². The van der Waals surface area contributed by atoms with Crippen molar-refractivity contribution >= 4 is 0 Å². The first-order valence-corrected chi connectivity index (χ1v) is 6.08. The first-order valence-electron chi connectivity index (χ1n) is 6.08. The zero-order valence-corrected chi connectivity index (χ0v) is 9.38. The van der Waals surface area contributed by atoms with Crippen molar-refractivity contribution in [3.63, 3.8) is 0 Å². The summed E-state index contributed by atoms with van der Waals surface area (Å²) in [7, 11) is 0. The normalized spacial score (nSPS) is 25.7. The van der Waals surface area contributed by atoms with E-state index in [1.807, 2.05) is 6.07 Å². The van der Waals surface area contributed by atoms with E-state index in [1.54, 1.807) is 12.1 Å². The van der Waals surface area contributed by atoms with E-state index in [2.05, 4.69) is 10.2 Å². The molecule has 0 spiro atoms. The molecule has 0 bridgehead atoms. The van der Waals surface area contributed by atoms with E-state index in [0.717, 1.165) is 39.0 Å². The van der Waals surface area contributed by atoms with E-state index >= 15 is 0 Å². The Labute approximate surface area is 95.4 Å². The Bertz CT molecular complexity index is 386. The number of fused-ring (bicyclic) bond motifs is 1. The number of nitrogens with zero attached hydrogens (tertiary/aromatic N) is 1. The molecule has 16 heavy (non-hydrogen) atoms. The van der Waals surface area contributed by atoms with Crippen LogP contribution in [0.15, 0.2) is 18.2 Å². The first-order chi connectivity index (χ1) is 7.84. The lowest BCUT2D eigenvalue weighted by molar-refractivity contribution is 0.173. The molecule has 1 aliphatic heterocycles. The predicted octanol–water partition coefficient (Wildman–Crippen LogP) is 1.72. The van der Waals surface area contributed by atoms with Crippen molar-refractivity contribution in [1.82, 2.24) is 10.2 Å². The molecule has 1 aliphatic carbocycles. The average molecular weight is 220 g/mol. The van der Waals surface area contributed by atoms with Crippen molar-refractivity contribution in [2.24, 2.45) is 0 Å². The Morgan fingerprint density at radius 2 is 2.06 bits per heavy atom. The Kier molecular flexibility index (Phi) is 2.65. The molecule has 3 rings (SSSR count). The number of aryl methyl sites for hydroxylation is 1. The van der Waals surface area contributed by atoms with Crippen LogP contribution in [0, 0.1) is 5.82 Å². The monoisotopic (exact) mass is 220 g/mol. The molecule has 1 atom stereocenters. The summed E-state index contributed by atoms with van der Waals surface area (Å²) >= 11 is 0. The predicted molar refractivity (Wildman–Crippen MR) is 61.9 cm³/mol. The van der Waals surface area contributed by atoms with Crippen molar-refractivity contribution in [3.8, 4) is 0 Å².